The molecule has 0 unspecified atom stereocenters. The van der Waals surface area contributed by atoms with E-state index in [1.54, 1.807) is 15.5 Å². The van der Waals surface area contributed by atoms with Crippen LogP contribution in [-0.4, -0.2) is 67.4 Å². The van der Waals surface area contributed by atoms with E-state index >= 15 is 0 Å². The van der Waals surface area contributed by atoms with Crippen molar-refractivity contribution >= 4 is 15.9 Å². The number of carbonyl (C=O) groups excluding carboxylic acids is 1. The summed E-state index contributed by atoms with van der Waals surface area (Å²) in [5.74, 6) is -1.08. The van der Waals surface area contributed by atoms with Gasteiger partial charge in [-0.3, -0.25) is 0 Å². The number of benzene rings is 1. The molecule has 2 aromatic rings. The smallest absolute Gasteiger partial charge is 0.317 e. The summed E-state index contributed by atoms with van der Waals surface area (Å²) in [6.45, 7) is 4.47. The highest BCUT2D eigenvalue weighted by Crippen LogP contribution is 2.24. The maximum atomic E-state index is 14.2. The van der Waals surface area contributed by atoms with Crippen molar-refractivity contribution in [2.24, 2.45) is 0 Å². The molecule has 2 aliphatic rings. The number of nitrogens with one attached hydrogen (secondary N) is 1. The zero-order chi connectivity index (χ0) is 24.8. The molecule has 0 aliphatic carbocycles. The minimum absolute atomic E-state index is 0.0589. The van der Waals surface area contributed by atoms with Crippen LogP contribution in [0.15, 0.2) is 35.6 Å². The third kappa shape index (κ3) is 6.39. The molecule has 35 heavy (non-hydrogen) atoms. The van der Waals surface area contributed by atoms with Gasteiger partial charge in [0.25, 0.3) is 0 Å². The van der Waals surface area contributed by atoms with Crippen molar-refractivity contribution in [2.45, 2.75) is 68.8 Å². The van der Waals surface area contributed by atoms with Crippen LogP contribution in [0.5, 0.6) is 0 Å². The Morgan fingerprint density at radius 2 is 1.91 bits per heavy atom. The van der Waals surface area contributed by atoms with Gasteiger partial charge < -0.3 is 24.3 Å². The lowest BCUT2D eigenvalue weighted by Crippen LogP contribution is -2.43. The average Bonchev–Trinajstić information content (AvgIpc) is 3.59. The van der Waals surface area contributed by atoms with Gasteiger partial charge in [0.2, 0.25) is 15.0 Å². The second kappa shape index (κ2) is 11.5. The molecule has 2 fully saturated rings. The summed E-state index contributed by atoms with van der Waals surface area (Å²) in [5, 5.41) is 2.69. The van der Waals surface area contributed by atoms with Crippen molar-refractivity contribution in [1.29, 1.82) is 0 Å². The number of rotatable bonds is 10. The summed E-state index contributed by atoms with van der Waals surface area (Å²) < 4.78 is 54.1. The lowest BCUT2D eigenvalue weighted by molar-refractivity contribution is 0.0772. The fourth-order valence-electron chi connectivity index (χ4n) is 4.55. The number of ether oxygens (including phenoxy) is 2. The molecule has 11 heteroatoms. The summed E-state index contributed by atoms with van der Waals surface area (Å²) in [4.78, 5) is 18.7. The lowest BCUT2D eigenvalue weighted by Gasteiger charge is -2.26. The Balaban J connectivity index is 1.64. The van der Waals surface area contributed by atoms with Gasteiger partial charge in [0.1, 0.15) is 5.82 Å². The summed E-state index contributed by atoms with van der Waals surface area (Å²) in [6.07, 6.45) is 4.80. The number of hydrogen-bond acceptors (Lipinski definition) is 6. The quantitative estimate of drug-likeness (QED) is 0.530. The third-order valence-electron chi connectivity index (χ3n) is 6.31. The van der Waals surface area contributed by atoms with E-state index in [4.69, 9.17) is 9.47 Å². The number of amides is 2. The standard InChI is InChI=1S/C24H33FN4O5S/c1-2-26-23(30)28(15-20-8-5-11-33-20)14-19-13-27-24(29(19)16-21-9-6-12-34-21)35(31,32)17-18-7-3-4-10-22(18)25/h3-4,7,10,13,20-21H,2,5-6,8-9,11-12,14-17H2,1H3,(H,26,30)/t20-,21+/m1/s1. The topological polar surface area (TPSA) is 103 Å². The van der Waals surface area contributed by atoms with Crippen LogP contribution in [0.2, 0.25) is 0 Å². The zero-order valence-electron chi connectivity index (χ0n) is 20.0. The van der Waals surface area contributed by atoms with E-state index in [1.165, 1.54) is 24.4 Å². The number of nitrogens with zero attached hydrogens (tertiary/aromatic N) is 3. The molecule has 2 atom stereocenters. The maximum Gasteiger partial charge on any atom is 0.317 e. The van der Waals surface area contributed by atoms with E-state index in [9.17, 15) is 17.6 Å². The maximum absolute atomic E-state index is 14.2. The first-order chi connectivity index (χ1) is 16.9. The van der Waals surface area contributed by atoms with E-state index in [-0.39, 0.29) is 35.5 Å². The largest absolute Gasteiger partial charge is 0.376 e. The lowest BCUT2D eigenvalue weighted by atomic mass is 10.2. The molecule has 0 bridgehead atoms. The Morgan fingerprint density at radius 1 is 1.20 bits per heavy atom. The van der Waals surface area contributed by atoms with Crippen LogP contribution in [0, 0.1) is 5.82 Å². The molecular weight excluding hydrogens is 475 g/mol. The van der Waals surface area contributed by atoms with Crippen molar-refractivity contribution in [1.82, 2.24) is 19.8 Å². The Labute approximate surface area is 205 Å². The fraction of sp³-hybridized carbons (Fsp3) is 0.583. The number of sulfone groups is 1. The highest BCUT2D eigenvalue weighted by atomic mass is 32.2. The van der Waals surface area contributed by atoms with Crippen molar-refractivity contribution < 1.29 is 27.1 Å². The van der Waals surface area contributed by atoms with Crippen LogP contribution >= 0.6 is 0 Å². The molecule has 1 aromatic heterocycles. The van der Waals surface area contributed by atoms with Crippen LogP contribution in [0.25, 0.3) is 0 Å². The van der Waals surface area contributed by atoms with Crippen molar-refractivity contribution in [3.63, 3.8) is 0 Å². The van der Waals surface area contributed by atoms with Crippen molar-refractivity contribution in [3.05, 3.63) is 47.5 Å². The van der Waals surface area contributed by atoms with Gasteiger partial charge in [-0.05, 0) is 38.7 Å². The molecule has 0 radical (unpaired) electrons. The fourth-order valence-corrected chi connectivity index (χ4v) is 6.06. The molecule has 2 aliphatic heterocycles. The van der Waals surface area contributed by atoms with Crippen LogP contribution in [0.4, 0.5) is 9.18 Å². The van der Waals surface area contributed by atoms with Crippen LogP contribution < -0.4 is 5.32 Å². The predicted molar refractivity (Wildman–Crippen MR) is 127 cm³/mol. The molecule has 3 heterocycles. The molecular formula is C24H33FN4O5S. The summed E-state index contributed by atoms with van der Waals surface area (Å²) >= 11 is 0. The molecule has 0 saturated carbocycles. The normalized spacial score (nSPS) is 20.3. The molecule has 0 spiro atoms. The second-order valence-electron chi connectivity index (χ2n) is 8.98. The summed E-state index contributed by atoms with van der Waals surface area (Å²) in [5.41, 5.74) is 0.667. The monoisotopic (exact) mass is 508 g/mol. The number of imidazole rings is 1. The van der Waals surface area contributed by atoms with E-state index in [1.807, 2.05) is 6.92 Å². The number of halogens is 1. The van der Waals surface area contributed by atoms with Gasteiger partial charge in [0.15, 0.2) is 0 Å². The van der Waals surface area contributed by atoms with Gasteiger partial charge in [-0.2, -0.15) is 0 Å². The average molecular weight is 509 g/mol. The van der Waals surface area contributed by atoms with Crippen LogP contribution in [-0.2, 0) is 38.2 Å². The van der Waals surface area contributed by atoms with Gasteiger partial charge in [0.05, 0.1) is 42.9 Å². The highest BCUT2D eigenvalue weighted by molar-refractivity contribution is 7.90. The molecule has 2 amide bonds. The first-order valence-corrected chi connectivity index (χ1v) is 13.8. The van der Waals surface area contributed by atoms with Gasteiger partial charge in [-0.25, -0.2) is 22.6 Å². The number of carbonyl (C=O) groups is 1. The Bertz CT molecular complexity index is 1110. The zero-order valence-corrected chi connectivity index (χ0v) is 20.8. The predicted octanol–water partition coefficient (Wildman–Crippen LogP) is 2.89. The first-order valence-electron chi connectivity index (χ1n) is 12.1. The summed E-state index contributed by atoms with van der Waals surface area (Å²) in [6, 6.07) is 5.58. The molecule has 4 rings (SSSR count). The Morgan fingerprint density at radius 3 is 2.57 bits per heavy atom. The highest BCUT2D eigenvalue weighted by Gasteiger charge is 2.30. The SMILES string of the molecule is CCNC(=O)N(Cc1cnc(S(=O)(=O)Cc2ccccc2F)n1C[C@@H]1CCCO1)C[C@H]1CCCO1. The molecule has 1 aromatic carbocycles. The van der Waals surface area contributed by atoms with Crippen molar-refractivity contribution in [2.75, 3.05) is 26.3 Å². The number of aromatic nitrogens is 2. The van der Waals surface area contributed by atoms with Crippen molar-refractivity contribution in [3.8, 4) is 0 Å². The van der Waals surface area contributed by atoms with E-state index < -0.39 is 21.4 Å². The third-order valence-corrected chi connectivity index (χ3v) is 7.88. The van der Waals surface area contributed by atoms with Gasteiger partial charge in [0, 0.05) is 31.9 Å². The van der Waals surface area contributed by atoms with E-state index in [0.717, 1.165) is 25.7 Å². The Hall–Kier alpha value is -2.50. The van der Waals surface area contributed by atoms with Crippen LogP contribution in [0.1, 0.15) is 43.9 Å². The molecule has 9 nitrogen and oxygen atoms in total. The minimum atomic E-state index is -3.96. The Kier molecular flexibility index (Phi) is 8.40. The van der Waals surface area contributed by atoms with E-state index in [2.05, 4.69) is 10.3 Å². The number of urea groups is 1. The molecule has 1 N–H and O–H groups in total. The van der Waals surface area contributed by atoms with Gasteiger partial charge in [-0.1, -0.05) is 18.2 Å². The minimum Gasteiger partial charge on any atom is -0.376 e. The van der Waals surface area contributed by atoms with Gasteiger partial charge in [-0.15, -0.1) is 0 Å². The van der Waals surface area contributed by atoms with Gasteiger partial charge >= 0.3 is 6.03 Å². The first kappa shape index (κ1) is 25.6. The molecule has 2 saturated heterocycles. The summed E-state index contributed by atoms with van der Waals surface area (Å²) in [7, 11) is -3.96. The molecule has 192 valence electrons. The van der Waals surface area contributed by atoms with E-state index in [0.29, 0.717) is 38.5 Å². The second-order valence-corrected chi connectivity index (χ2v) is 10.9. The number of hydrogen-bond donors (Lipinski definition) is 1. The van der Waals surface area contributed by atoms with Crippen LogP contribution in [0.3, 0.4) is 0 Å².